The summed E-state index contributed by atoms with van der Waals surface area (Å²) in [6.07, 6.45) is 1.49. The van der Waals surface area contributed by atoms with Gasteiger partial charge in [0.2, 0.25) is 0 Å². The Morgan fingerprint density at radius 1 is 1.77 bits per heavy atom. The van der Waals surface area contributed by atoms with Gasteiger partial charge in [-0.1, -0.05) is 18.3 Å². The van der Waals surface area contributed by atoms with Crippen molar-refractivity contribution in [1.82, 2.24) is 9.59 Å². The first-order chi connectivity index (χ1) is 6.09. The van der Waals surface area contributed by atoms with Crippen LogP contribution >= 0.6 is 11.5 Å². The molecule has 0 aromatic carbocycles. The molecule has 1 unspecified atom stereocenters. The van der Waals surface area contributed by atoms with Crippen LogP contribution in [-0.4, -0.2) is 15.4 Å². The third-order valence-corrected chi connectivity index (χ3v) is 3.22. The number of nitrogens with zero attached hydrogens (tertiary/aromatic N) is 2. The monoisotopic (exact) mass is 196 g/mol. The Kier molecular flexibility index (Phi) is 1.95. The minimum absolute atomic E-state index is 0.237. The van der Waals surface area contributed by atoms with Crippen LogP contribution in [0.25, 0.3) is 0 Å². The lowest BCUT2D eigenvalue weighted by Gasteiger charge is -1.99. The van der Waals surface area contributed by atoms with Crippen LogP contribution in [-0.2, 0) is 11.2 Å². The first kappa shape index (κ1) is 8.81. The summed E-state index contributed by atoms with van der Waals surface area (Å²) in [6, 6.07) is 0. The summed E-state index contributed by atoms with van der Waals surface area (Å²) in [4.78, 5) is 11.6. The number of hydrogen-bond donors (Lipinski definition) is 0. The second-order valence-corrected chi connectivity index (χ2v) is 4.89. The molecule has 0 bridgehead atoms. The zero-order chi connectivity index (χ0) is 9.47. The summed E-state index contributed by atoms with van der Waals surface area (Å²) >= 11 is 1.30. The van der Waals surface area contributed by atoms with E-state index in [0.717, 1.165) is 12.1 Å². The second kappa shape index (κ2) is 2.87. The number of Topliss-reactive ketones (excluding diaryl/α,β-unsaturated/α-hetero) is 1. The Hall–Kier alpha value is -0.770. The molecule has 70 valence electrons. The van der Waals surface area contributed by atoms with Crippen LogP contribution in [0.3, 0.4) is 0 Å². The number of carbonyl (C=O) groups excluding carboxylic acids is 1. The summed E-state index contributed by atoms with van der Waals surface area (Å²) in [5, 5.41) is 5.70. The van der Waals surface area contributed by atoms with Gasteiger partial charge in [0, 0.05) is 11.3 Å². The molecule has 1 fully saturated rings. The Bertz CT molecular complexity index is 318. The van der Waals surface area contributed by atoms with Gasteiger partial charge >= 0.3 is 0 Å². The maximum Gasteiger partial charge on any atom is 0.142 e. The van der Waals surface area contributed by atoms with Crippen molar-refractivity contribution in [3.63, 3.8) is 0 Å². The van der Waals surface area contributed by atoms with Gasteiger partial charge in [0.15, 0.2) is 0 Å². The Morgan fingerprint density at radius 2 is 2.46 bits per heavy atom. The van der Waals surface area contributed by atoms with E-state index in [1.54, 1.807) is 0 Å². The van der Waals surface area contributed by atoms with Crippen molar-refractivity contribution in [2.24, 2.45) is 11.3 Å². The van der Waals surface area contributed by atoms with E-state index in [2.05, 4.69) is 23.4 Å². The van der Waals surface area contributed by atoms with Crippen LogP contribution in [0.5, 0.6) is 0 Å². The first-order valence-corrected chi connectivity index (χ1v) is 5.22. The topological polar surface area (TPSA) is 42.9 Å². The first-order valence-electron chi connectivity index (χ1n) is 4.38. The molecule has 4 heteroatoms. The van der Waals surface area contributed by atoms with Gasteiger partial charge in [-0.25, -0.2) is 0 Å². The molecule has 1 atom stereocenters. The molecule has 3 nitrogen and oxygen atoms in total. The van der Waals surface area contributed by atoms with E-state index in [1.807, 2.05) is 5.38 Å². The van der Waals surface area contributed by atoms with Gasteiger partial charge < -0.3 is 0 Å². The van der Waals surface area contributed by atoms with E-state index in [0.29, 0.717) is 12.2 Å². The molecule has 0 amide bonds. The molecule has 1 aliphatic carbocycles. The molecule has 2 rings (SSSR count). The molecule has 0 N–H and O–H groups in total. The summed E-state index contributed by atoms with van der Waals surface area (Å²) in [7, 11) is 0. The minimum atomic E-state index is 0.237. The Balaban J connectivity index is 1.94. The average Bonchev–Trinajstić information content (AvgIpc) is 2.49. The number of aromatic nitrogens is 2. The summed E-state index contributed by atoms with van der Waals surface area (Å²) in [5.41, 5.74) is 1.05. The molecule has 0 spiro atoms. The lowest BCUT2D eigenvalue weighted by molar-refractivity contribution is -0.120. The van der Waals surface area contributed by atoms with Gasteiger partial charge in [-0.15, -0.1) is 5.10 Å². The molecular weight excluding hydrogens is 184 g/mol. The quantitative estimate of drug-likeness (QED) is 0.739. The smallest absolute Gasteiger partial charge is 0.142 e. The average molecular weight is 196 g/mol. The van der Waals surface area contributed by atoms with Crippen LogP contribution in [0.15, 0.2) is 5.38 Å². The van der Waals surface area contributed by atoms with Gasteiger partial charge in [-0.3, -0.25) is 4.79 Å². The van der Waals surface area contributed by atoms with Crippen molar-refractivity contribution in [3.05, 3.63) is 11.1 Å². The number of carbonyl (C=O) groups is 1. The molecule has 1 aromatic rings. The maximum atomic E-state index is 11.6. The highest BCUT2D eigenvalue weighted by Crippen LogP contribution is 2.52. The van der Waals surface area contributed by atoms with Crippen molar-refractivity contribution >= 4 is 17.3 Å². The van der Waals surface area contributed by atoms with Crippen molar-refractivity contribution in [1.29, 1.82) is 0 Å². The van der Waals surface area contributed by atoms with Crippen LogP contribution in [0.4, 0.5) is 0 Å². The molecule has 0 aliphatic heterocycles. The molecule has 1 heterocycles. The fraction of sp³-hybridized carbons (Fsp3) is 0.667. The standard InChI is InChI=1S/C9H12N2OS/c1-9(2)4-7(9)8(12)3-6-5-13-11-10-6/h5,7H,3-4H2,1-2H3. The normalized spacial score (nSPS) is 24.3. The molecule has 1 aromatic heterocycles. The molecule has 0 saturated heterocycles. The maximum absolute atomic E-state index is 11.6. The fourth-order valence-corrected chi connectivity index (χ4v) is 2.03. The third kappa shape index (κ3) is 1.77. The fourth-order valence-electron chi connectivity index (χ4n) is 1.58. The SMILES string of the molecule is CC1(C)CC1C(=O)Cc1csnn1. The second-order valence-electron chi connectivity index (χ2n) is 4.28. The highest BCUT2D eigenvalue weighted by Gasteiger charge is 2.49. The van der Waals surface area contributed by atoms with Crippen molar-refractivity contribution in [3.8, 4) is 0 Å². The molecule has 1 aliphatic rings. The van der Waals surface area contributed by atoms with Crippen LogP contribution in [0.1, 0.15) is 26.0 Å². The molecule has 0 radical (unpaired) electrons. The Labute approximate surface area is 81.3 Å². The summed E-state index contributed by atoms with van der Waals surface area (Å²) in [5.74, 6) is 0.576. The van der Waals surface area contributed by atoms with Crippen LogP contribution in [0, 0.1) is 11.3 Å². The van der Waals surface area contributed by atoms with Crippen molar-refractivity contribution < 1.29 is 4.79 Å². The lowest BCUT2D eigenvalue weighted by atomic mass is 10.0. The van der Waals surface area contributed by atoms with E-state index in [1.165, 1.54) is 11.5 Å². The van der Waals surface area contributed by atoms with E-state index in [9.17, 15) is 4.79 Å². The number of ketones is 1. The highest BCUT2D eigenvalue weighted by molar-refractivity contribution is 7.03. The van der Waals surface area contributed by atoms with E-state index in [-0.39, 0.29) is 11.3 Å². The molecular formula is C9H12N2OS. The predicted octanol–water partition coefficient (Wildman–Crippen LogP) is 1.70. The van der Waals surface area contributed by atoms with Gasteiger partial charge in [-0.2, -0.15) is 0 Å². The molecule has 1 saturated carbocycles. The van der Waals surface area contributed by atoms with Gasteiger partial charge in [-0.05, 0) is 23.4 Å². The summed E-state index contributed by atoms with van der Waals surface area (Å²) < 4.78 is 3.73. The minimum Gasteiger partial charge on any atom is -0.299 e. The van der Waals surface area contributed by atoms with E-state index < -0.39 is 0 Å². The highest BCUT2D eigenvalue weighted by atomic mass is 32.1. The van der Waals surface area contributed by atoms with Gasteiger partial charge in [0.05, 0.1) is 12.1 Å². The third-order valence-electron chi connectivity index (χ3n) is 2.66. The number of rotatable bonds is 3. The lowest BCUT2D eigenvalue weighted by Crippen LogP contribution is -2.09. The van der Waals surface area contributed by atoms with Crippen LogP contribution < -0.4 is 0 Å². The Morgan fingerprint density at radius 3 is 2.92 bits per heavy atom. The zero-order valence-corrected chi connectivity index (χ0v) is 8.60. The van der Waals surface area contributed by atoms with E-state index >= 15 is 0 Å². The molecule has 13 heavy (non-hydrogen) atoms. The predicted molar refractivity (Wildman–Crippen MR) is 50.5 cm³/mol. The van der Waals surface area contributed by atoms with Crippen LogP contribution in [0.2, 0.25) is 0 Å². The summed E-state index contributed by atoms with van der Waals surface area (Å²) in [6.45, 7) is 4.27. The van der Waals surface area contributed by atoms with Crippen molar-refractivity contribution in [2.45, 2.75) is 26.7 Å². The van der Waals surface area contributed by atoms with Crippen molar-refractivity contribution in [2.75, 3.05) is 0 Å². The zero-order valence-electron chi connectivity index (χ0n) is 7.78. The van der Waals surface area contributed by atoms with Gasteiger partial charge in [0.25, 0.3) is 0 Å². The largest absolute Gasteiger partial charge is 0.299 e. The number of hydrogen-bond acceptors (Lipinski definition) is 4. The van der Waals surface area contributed by atoms with E-state index in [4.69, 9.17) is 0 Å². The van der Waals surface area contributed by atoms with Gasteiger partial charge in [0.1, 0.15) is 5.78 Å².